The molecular formula is C25H12F6N8O2. The van der Waals surface area contributed by atoms with Crippen LogP contribution >= 0.6 is 0 Å². The summed E-state index contributed by atoms with van der Waals surface area (Å²) < 4.78 is 84.7. The van der Waals surface area contributed by atoms with Crippen molar-refractivity contribution < 1.29 is 35.9 Å². The van der Waals surface area contributed by atoms with Crippen LogP contribution in [-0.2, 0) is 17.1 Å². The molecule has 0 radical (unpaired) electrons. The van der Waals surface area contributed by atoms with Crippen LogP contribution in [0.2, 0.25) is 0 Å². The lowest BCUT2D eigenvalue weighted by atomic mass is 10.1. The number of hydrogen-bond acceptors (Lipinski definition) is 6. The number of rotatable bonds is 4. The van der Waals surface area contributed by atoms with Gasteiger partial charge in [0.2, 0.25) is 0 Å². The van der Waals surface area contributed by atoms with Crippen LogP contribution in [0.1, 0.15) is 21.6 Å². The second-order valence-electron chi connectivity index (χ2n) is 8.64. The van der Waals surface area contributed by atoms with Crippen molar-refractivity contribution in [2.45, 2.75) is 12.4 Å². The van der Waals surface area contributed by atoms with Gasteiger partial charge in [-0.3, -0.25) is 4.79 Å². The topological polar surface area (TPSA) is 123 Å². The Balaban J connectivity index is 1.44. The van der Waals surface area contributed by atoms with Crippen LogP contribution in [0.25, 0.3) is 33.2 Å². The summed E-state index contributed by atoms with van der Waals surface area (Å²) in [6.45, 7) is 0. The molecule has 1 amide bonds. The summed E-state index contributed by atoms with van der Waals surface area (Å²) in [5.41, 5.74) is -3.85. The number of benzene rings is 2. The van der Waals surface area contributed by atoms with Crippen LogP contribution in [0.4, 0.5) is 32.0 Å². The highest BCUT2D eigenvalue weighted by atomic mass is 19.4. The lowest BCUT2D eigenvalue weighted by molar-refractivity contribution is -0.143. The molecule has 10 nitrogen and oxygen atoms in total. The normalized spacial score (nSPS) is 12.2. The van der Waals surface area contributed by atoms with E-state index in [4.69, 9.17) is 0 Å². The standard InChI is InChI=1S/C25H12F6N8O2/c26-24(27,28)16-8-12(9-32-22(16)39-33-6-7-34-39)36-23(41)15-10-35-38(21(15)25(29,30)31)19-5-4-17-20-13(18(11-40)37-17)2-1-3-14(19)20/h1-10,37H,(H,36,41). The third kappa shape index (κ3) is 4.26. The van der Waals surface area contributed by atoms with Gasteiger partial charge in [0.05, 0.1) is 41.7 Å². The second kappa shape index (κ2) is 9.02. The Labute approximate surface area is 222 Å². The quantitative estimate of drug-likeness (QED) is 0.309. The first kappa shape index (κ1) is 25.8. The minimum atomic E-state index is -5.11. The average Bonchev–Trinajstić information content (AvgIpc) is 3.68. The van der Waals surface area contributed by atoms with Gasteiger partial charge in [-0.15, -0.1) is 4.80 Å². The number of aromatic nitrogens is 7. The number of halogens is 6. The molecule has 0 spiro atoms. The van der Waals surface area contributed by atoms with Gasteiger partial charge in [-0.25, -0.2) is 14.5 Å². The molecule has 0 atom stereocenters. The number of pyridine rings is 1. The van der Waals surface area contributed by atoms with E-state index in [2.05, 4.69) is 25.3 Å². The molecule has 206 valence electrons. The van der Waals surface area contributed by atoms with Gasteiger partial charge in [-0.1, -0.05) is 18.2 Å². The molecule has 4 aromatic heterocycles. The summed E-state index contributed by atoms with van der Waals surface area (Å²) >= 11 is 0. The Bertz CT molecular complexity index is 2040. The van der Waals surface area contributed by atoms with Crippen LogP contribution in [0.15, 0.2) is 61.2 Å². The zero-order chi connectivity index (χ0) is 29.1. The van der Waals surface area contributed by atoms with Gasteiger partial charge < -0.3 is 10.3 Å². The Morgan fingerprint density at radius 3 is 2.34 bits per heavy atom. The van der Waals surface area contributed by atoms with E-state index in [-0.39, 0.29) is 11.0 Å². The number of aromatic amines is 1. The van der Waals surface area contributed by atoms with Gasteiger partial charge in [0.15, 0.2) is 17.5 Å². The summed E-state index contributed by atoms with van der Waals surface area (Å²) in [5.74, 6) is -0.320. The maximum absolute atomic E-state index is 14.4. The lowest BCUT2D eigenvalue weighted by Crippen LogP contribution is -2.21. The molecular weight excluding hydrogens is 558 g/mol. The largest absolute Gasteiger partial charge is 0.434 e. The molecule has 0 unspecified atom stereocenters. The highest BCUT2D eigenvalue weighted by molar-refractivity contribution is 6.13. The zero-order valence-corrected chi connectivity index (χ0v) is 20.0. The monoisotopic (exact) mass is 570 g/mol. The molecule has 6 rings (SSSR count). The minimum Gasteiger partial charge on any atom is -0.345 e. The Morgan fingerprint density at radius 2 is 1.66 bits per heavy atom. The molecule has 0 saturated heterocycles. The van der Waals surface area contributed by atoms with Crippen molar-refractivity contribution in [2.75, 3.05) is 5.32 Å². The van der Waals surface area contributed by atoms with Crippen LogP contribution in [0, 0.1) is 0 Å². The fraction of sp³-hybridized carbons (Fsp3) is 0.0800. The maximum atomic E-state index is 14.4. The van der Waals surface area contributed by atoms with Crippen molar-refractivity contribution >= 4 is 39.2 Å². The van der Waals surface area contributed by atoms with Crippen LogP contribution < -0.4 is 10.7 Å². The van der Waals surface area contributed by atoms with Crippen LogP contribution in [0.3, 0.4) is 0 Å². The van der Waals surface area contributed by atoms with E-state index in [1.807, 2.05) is 5.32 Å². The molecule has 0 aliphatic carbocycles. The van der Waals surface area contributed by atoms with E-state index in [0.29, 0.717) is 43.4 Å². The molecule has 0 fully saturated rings. The van der Waals surface area contributed by atoms with Gasteiger partial charge in [0, 0.05) is 21.7 Å². The average molecular weight is 570 g/mol. The van der Waals surface area contributed by atoms with Gasteiger partial charge in [0.1, 0.15) is 10.9 Å². The fourth-order valence-electron chi connectivity index (χ4n) is 4.56. The van der Waals surface area contributed by atoms with Crippen molar-refractivity contribution in [1.29, 1.82) is 0 Å². The first-order valence-corrected chi connectivity index (χ1v) is 11.5. The van der Waals surface area contributed by atoms with E-state index in [1.165, 1.54) is 24.3 Å². The first-order chi connectivity index (χ1) is 19.5. The van der Waals surface area contributed by atoms with Gasteiger partial charge in [0.25, 0.3) is 5.91 Å². The maximum Gasteiger partial charge on any atom is 0.434 e. The molecule has 0 saturated carbocycles. The van der Waals surface area contributed by atoms with Crippen molar-refractivity contribution in [3.05, 3.63) is 83.4 Å². The van der Waals surface area contributed by atoms with Crippen molar-refractivity contribution in [1.82, 2.24) is 34.7 Å². The van der Waals surface area contributed by atoms with E-state index in [0.717, 1.165) is 18.6 Å². The smallest absolute Gasteiger partial charge is 0.345 e. The fourth-order valence-corrected chi connectivity index (χ4v) is 4.56. The minimum absolute atomic E-state index is 0.0528. The zero-order valence-electron chi connectivity index (χ0n) is 20.0. The Kier molecular flexibility index (Phi) is 5.67. The molecule has 41 heavy (non-hydrogen) atoms. The highest BCUT2D eigenvalue weighted by Gasteiger charge is 2.41. The van der Waals surface area contributed by atoms with Crippen molar-refractivity contribution in [3.8, 4) is 11.5 Å². The number of carbonyl (C=O) groups excluding carboxylic acids is 2. The van der Waals surface area contributed by atoms with E-state index < -0.39 is 46.6 Å². The molecule has 2 N–H and O–H groups in total. The number of alkyl halides is 6. The summed E-state index contributed by atoms with van der Waals surface area (Å²) in [5, 5.41) is 14.3. The molecule has 2 aromatic carbocycles. The SMILES string of the molecule is O=C=c1[nH]c2ccc(-n3ncc(C(=O)Nc4cnc(-n5nccn5)c(C(F)(F)F)c4)c3C(F)(F)F)c3cccc1c23. The summed E-state index contributed by atoms with van der Waals surface area (Å²) in [4.78, 5) is 31.4. The number of carbonyl (C=O) groups is 1. The number of amides is 1. The predicted octanol–water partition coefficient (Wildman–Crippen LogP) is 3.99. The number of anilines is 1. The number of hydrogen-bond donors (Lipinski definition) is 2. The van der Waals surface area contributed by atoms with Crippen LogP contribution in [-0.4, -0.2) is 46.6 Å². The third-order valence-electron chi connectivity index (χ3n) is 6.20. The van der Waals surface area contributed by atoms with Gasteiger partial charge >= 0.3 is 12.4 Å². The highest BCUT2D eigenvalue weighted by Crippen LogP contribution is 2.38. The molecule has 4 heterocycles. The van der Waals surface area contributed by atoms with Crippen molar-refractivity contribution in [2.24, 2.45) is 0 Å². The lowest BCUT2D eigenvalue weighted by Gasteiger charge is -2.15. The number of nitrogens with one attached hydrogen (secondary N) is 2. The van der Waals surface area contributed by atoms with Gasteiger partial charge in [-0.2, -0.15) is 41.6 Å². The van der Waals surface area contributed by atoms with Gasteiger partial charge in [-0.05, 0) is 18.2 Å². The molecule has 6 aromatic rings. The summed E-state index contributed by atoms with van der Waals surface area (Å²) in [6, 6.07) is 7.94. The Morgan fingerprint density at radius 1 is 0.927 bits per heavy atom. The molecule has 16 heteroatoms. The van der Waals surface area contributed by atoms with E-state index in [9.17, 15) is 35.9 Å². The summed E-state index contributed by atoms with van der Waals surface area (Å²) in [6.07, 6.45) is -6.31. The molecule has 0 bridgehead atoms. The second-order valence-corrected chi connectivity index (χ2v) is 8.64. The Hall–Kier alpha value is -5.50. The van der Waals surface area contributed by atoms with Crippen LogP contribution in [0.5, 0.6) is 0 Å². The molecule has 0 aliphatic rings. The molecule has 0 aliphatic heterocycles. The van der Waals surface area contributed by atoms with Crippen molar-refractivity contribution in [3.63, 3.8) is 0 Å². The van der Waals surface area contributed by atoms with E-state index in [1.54, 1.807) is 12.0 Å². The first-order valence-electron chi connectivity index (χ1n) is 11.5. The number of H-pyrrole nitrogens is 1. The van der Waals surface area contributed by atoms with E-state index >= 15 is 0 Å². The third-order valence-corrected chi connectivity index (χ3v) is 6.20. The number of nitrogens with zero attached hydrogens (tertiary/aromatic N) is 6. The summed E-state index contributed by atoms with van der Waals surface area (Å²) in [7, 11) is 0. The predicted molar refractivity (Wildman–Crippen MR) is 130 cm³/mol.